The lowest BCUT2D eigenvalue weighted by Gasteiger charge is -2.34. The Morgan fingerprint density at radius 1 is 1.00 bits per heavy atom. The van der Waals surface area contributed by atoms with Crippen LogP contribution < -0.4 is 15.5 Å². The maximum absolute atomic E-state index is 12.1. The number of hydrogen-bond donors (Lipinski definition) is 2. The number of likely N-dealkylation sites (N-methyl/N-ethyl adjacent to an activating group) is 1. The molecule has 1 fully saturated rings. The number of para-hydroxylation sites is 1. The van der Waals surface area contributed by atoms with Crippen LogP contribution in [-0.4, -0.2) is 44.0 Å². The predicted molar refractivity (Wildman–Crippen MR) is 103 cm³/mol. The molecule has 0 aliphatic carbocycles. The van der Waals surface area contributed by atoms with Crippen LogP contribution in [0.3, 0.4) is 0 Å². The van der Waals surface area contributed by atoms with Crippen LogP contribution in [0.1, 0.15) is 5.56 Å². The number of benzene rings is 2. The number of nitrogens with zero attached hydrogens (tertiary/aromatic N) is 2. The molecule has 2 heterocycles. The van der Waals surface area contributed by atoms with Crippen LogP contribution in [0.15, 0.2) is 54.7 Å². The summed E-state index contributed by atoms with van der Waals surface area (Å²) < 4.78 is 0. The Kier molecular flexibility index (Phi) is 4.15. The van der Waals surface area contributed by atoms with Crippen molar-refractivity contribution in [3.8, 4) is 0 Å². The summed E-state index contributed by atoms with van der Waals surface area (Å²) in [5.74, 6) is -0.0669. The van der Waals surface area contributed by atoms with Gasteiger partial charge in [0.1, 0.15) is 0 Å². The first kappa shape index (κ1) is 15.7. The second-order valence-corrected chi connectivity index (χ2v) is 6.54. The van der Waals surface area contributed by atoms with Crippen molar-refractivity contribution < 1.29 is 4.79 Å². The fourth-order valence-electron chi connectivity index (χ4n) is 3.27. The normalized spacial score (nSPS) is 19.0. The third-order valence-electron chi connectivity index (χ3n) is 4.83. The zero-order chi connectivity index (χ0) is 17.2. The average molecular weight is 334 g/mol. The number of carbonyl (C=O) groups is 1. The van der Waals surface area contributed by atoms with E-state index in [1.807, 2.05) is 24.3 Å². The van der Waals surface area contributed by atoms with E-state index < -0.39 is 0 Å². The Hall–Kier alpha value is -2.79. The molecule has 0 atom stereocenters. The maximum Gasteiger partial charge on any atom is 0.257 e. The number of hydrogen-bond acceptors (Lipinski definition) is 4. The molecular weight excluding hydrogens is 312 g/mol. The Balaban J connectivity index is 1.46. The van der Waals surface area contributed by atoms with Gasteiger partial charge < -0.3 is 20.4 Å². The van der Waals surface area contributed by atoms with Gasteiger partial charge in [-0.1, -0.05) is 18.2 Å². The second kappa shape index (κ2) is 6.61. The number of anilines is 3. The minimum atomic E-state index is -0.0669. The van der Waals surface area contributed by atoms with Crippen LogP contribution >= 0.6 is 0 Å². The molecule has 0 saturated carbocycles. The lowest BCUT2D eigenvalue weighted by Crippen LogP contribution is -2.44. The number of carbonyl (C=O) groups excluding carboxylic acids is 1. The summed E-state index contributed by atoms with van der Waals surface area (Å²) in [5, 5.41) is 6.13. The monoisotopic (exact) mass is 334 g/mol. The minimum absolute atomic E-state index is 0.0669. The van der Waals surface area contributed by atoms with Crippen LogP contribution in [0.2, 0.25) is 0 Å². The molecule has 2 aromatic rings. The summed E-state index contributed by atoms with van der Waals surface area (Å²) in [7, 11) is 2.16. The summed E-state index contributed by atoms with van der Waals surface area (Å²) in [6, 6.07) is 16.1. The van der Waals surface area contributed by atoms with Crippen molar-refractivity contribution in [1.82, 2.24) is 4.90 Å². The van der Waals surface area contributed by atoms with Gasteiger partial charge in [-0.25, -0.2) is 0 Å². The van der Waals surface area contributed by atoms with Gasteiger partial charge in [0, 0.05) is 55.0 Å². The van der Waals surface area contributed by atoms with Crippen LogP contribution in [-0.2, 0) is 4.79 Å². The first-order chi connectivity index (χ1) is 12.2. The summed E-state index contributed by atoms with van der Waals surface area (Å²) in [6.45, 7) is 4.32. The van der Waals surface area contributed by atoms with Gasteiger partial charge in [-0.3, -0.25) is 4.79 Å². The molecule has 5 heteroatoms. The summed E-state index contributed by atoms with van der Waals surface area (Å²) in [5.41, 5.74) is 4.69. The highest BCUT2D eigenvalue weighted by atomic mass is 16.2. The van der Waals surface area contributed by atoms with Gasteiger partial charge in [0.05, 0.1) is 5.57 Å². The van der Waals surface area contributed by atoms with Crippen molar-refractivity contribution >= 4 is 28.5 Å². The van der Waals surface area contributed by atoms with Crippen LogP contribution in [0.25, 0.3) is 5.57 Å². The Morgan fingerprint density at radius 3 is 2.48 bits per heavy atom. The number of fused-ring (bicyclic) bond motifs is 1. The van der Waals surface area contributed by atoms with E-state index in [1.54, 1.807) is 6.20 Å². The Labute approximate surface area is 147 Å². The van der Waals surface area contributed by atoms with E-state index in [2.05, 4.69) is 51.7 Å². The third-order valence-corrected chi connectivity index (χ3v) is 4.83. The van der Waals surface area contributed by atoms with Crippen LogP contribution in [0, 0.1) is 0 Å². The molecule has 0 radical (unpaired) electrons. The zero-order valence-electron chi connectivity index (χ0n) is 14.3. The second-order valence-electron chi connectivity index (χ2n) is 6.54. The van der Waals surface area contributed by atoms with E-state index in [9.17, 15) is 4.79 Å². The Morgan fingerprint density at radius 2 is 1.72 bits per heavy atom. The summed E-state index contributed by atoms with van der Waals surface area (Å²) in [6.07, 6.45) is 1.78. The smallest absolute Gasteiger partial charge is 0.257 e. The zero-order valence-corrected chi connectivity index (χ0v) is 14.3. The molecule has 128 valence electrons. The molecule has 25 heavy (non-hydrogen) atoms. The maximum atomic E-state index is 12.1. The van der Waals surface area contributed by atoms with Crippen molar-refractivity contribution in [1.29, 1.82) is 0 Å². The van der Waals surface area contributed by atoms with Gasteiger partial charge in [-0.05, 0) is 37.4 Å². The average Bonchev–Trinajstić information content (AvgIpc) is 2.96. The standard InChI is InChI=1S/C20H22N4O/c1-23-10-12-24(13-11-23)16-8-6-15(7-9-16)21-14-18-17-4-2-3-5-19(17)22-20(18)25/h2-9,14,21H,10-13H2,1H3,(H,22,25)/b18-14+. The number of amides is 1. The molecule has 5 nitrogen and oxygen atoms in total. The number of piperazine rings is 1. The Bertz CT molecular complexity index is 805. The number of rotatable bonds is 3. The van der Waals surface area contributed by atoms with Crippen molar-refractivity contribution in [2.45, 2.75) is 0 Å². The molecule has 0 spiro atoms. The van der Waals surface area contributed by atoms with E-state index in [1.165, 1.54) is 5.69 Å². The first-order valence-electron chi connectivity index (χ1n) is 8.62. The molecule has 0 unspecified atom stereocenters. The van der Waals surface area contributed by atoms with E-state index >= 15 is 0 Å². The van der Waals surface area contributed by atoms with Gasteiger partial charge in [-0.2, -0.15) is 0 Å². The van der Waals surface area contributed by atoms with Crippen molar-refractivity contribution in [2.24, 2.45) is 0 Å². The highest BCUT2D eigenvalue weighted by Crippen LogP contribution is 2.31. The van der Waals surface area contributed by atoms with Crippen molar-refractivity contribution in [2.75, 3.05) is 48.8 Å². The van der Waals surface area contributed by atoms with Crippen molar-refractivity contribution in [3.63, 3.8) is 0 Å². The fourth-order valence-corrected chi connectivity index (χ4v) is 3.27. The van der Waals surface area contributed by atoms with Gasteiger partial charge in [-0.15, -0.1) is 0 Å². The van der Waals surface area contributed by atoms with E-state index in [0.29, 0.717) is 5.57 Å². The van der Waals surface area contributed by atoms with Crippen LogP contribution in [0.5, 0.6) is 0 Å². The largest absolute Gasteiger partial charge is 0.369 e. The predicted octanol–water partition coefficient (Wildman–Crippen LogP) is 2.84. The van der Waals surface area contributed by atoms with Gasteiger partial charge in [0.15, 0.2) is 0 Å². The van der Waals surface area contributed by atoms with Gasteiger partial charge >= 0.3 is 0 Å². The van der Waals surface area contributed by atoms with Crippen molar-refractivity contribution in [3.05, 3.63) is 60.3 Å². The lowest BCUT2D eigenvalue weighted by atomic mass is 10.1. The number of nitrogens with one attached hydrogen (secondary N) is 2. The topological polar surface area (TPSA) is 47.6 Å². The first-order valence-corrected chi connectivity index (χ1v) is 8.62. The SMILES string of the molecule is CN1CCN(c2ccc(N/C=C3/C(=O)Nc4ccccc43)cc2)CC1. The van der Waals surface area contributed by atoms with E-state index in [-0.39, 0.29) is 5.91 Å². The molecule has 0 bridgehead atoms. The molecule has 2 aromatic carbocycles. The lowest BCUT2D eigenvalue weighted by molar-refractivity contribution is -0.110. The fraction of sp³-hybridized carbons (Fsp3) is 0.250. The van der Waals surface area contributed by atoms with Gasteiger partial charge in [0.25, 0.3) is 5.91 Å². The molecule has 2 aliphatic heterocycles. The summed E-state index contributed by atoms with van der Waals surface area (Å²) >= 11 is 0. The third kappa shape index (κ3) is 3.23. The minimum Gasteiger partial charge on any atom is -0.369 e. The molecular formula is C20H22N4O. The van der Waals surface area contributed by atoms with E-state index in [0.717, 1.165) is 43.1 Å². The van der Waals surface area contributed by atoms with Crippen LogP contribution in [0.4, 0.5) is 17.1 Å². The molecule has 2 aliphatic rings. The van der Waals surface area contributed by atoms with E-state index in [4.69, 9.17) is 0 Å². The molecule has 2 N–H and O–H groups in total. The van der Waals surface area contributed by atoms with Gasteiger partial charge in [0.2, 0.25) is 0 Å². The highest BCUT2D eigenvalue weighted by molar-refractivity contribution is 6.31. The molecule has 4 rings (SSSR count). The molecule has 1 saturated heterocycles. The summed E-state index contributed by atoms with van der Waals surface area (Å²) in [4.78, 5) is 16.9. The quantitative estimate of drug-likeness (QED) is 0.848. The highest BCUT2D eigenvalue weighted by Gasteiger charge is 2.23. The molecule has 0 aromatic heterocycles. The molecule has 1 amide bonds.